The molecule has 0 spiro atoms. The lowest BCUT2D eigenvalue weighted by Crippen LogP contribution is -2.38. The second kappa shape index (κ2) is 5.78. The zero-order valence-corrected chi connectivity index (χ0v) is 12.8. The number of nitrogens with zero attached hydrogens (tertiary/aromatic N) is 1. The Morgan fingerprint density at radius 2 is 1.86 bits per heavy atom. The highest BCUT2D eigenvalue weighted by molar-refractivity contribution is 7.89. The van der Waals surface area contributed by atoms with Gasteiger partial charge in [0.25, 0.3) is 5.69 Å². The van der Waals surface area contributed by atoms with E-state index in [0.29, 0.717) is 11.1 Å². The number of carboxylic acids is 1. The Hall–Kier alpha value is -2.00. The summed E-state index contributed by atoms with van der Waals surface area (Å²) in [4.78, 5) is 20.9. The van der Waals surface area contributed by atoms with Crippen LogP contribution in [0.4, 0.5) is 5.69 Å². The molecule has 0 amide bonds. The Morgan fingerprint density at radius 3 is 2.29 bits per heavy atom. The molecule has 21 heavy (non-hydrogen) atoms. The van der Waals surface area contributed by atoms with Crippen LogP contribution in [0, 0.1) is 30.9 Å². The zero-order chi connectivity index (χ0) is 16.5. The fourth-order valence-electron chi connectivity index (χ4n) is 2.19. The minimum Gasteiger partial charge on any atom is -0.480 e. The van der Waals surface area contributed by atoms with Gasteiger partial charge < -0.3 is 5.11 Å². The molecule has 0 saturated heterocycles. The largest absolute Gasteiger partial charge is 0.480 e. The molecule has 1 atom stereocenters. The van der Waals surface area contributed by atoms with E-state index >= 15 is 0 Å². The van der Waals surface area contributed by atoms with Crippen LogP contribution in [-0.2, 0) is 14.8 Å². The molecule has 0 fully saturated rings. The predicted octanol–water partition coefficient (Wildman–Crippen LogP) is 1.27. The highest BCUT2D eigenvalue weighted by Gasteiger charge is 2.29. The fraction of sp³-hybridized carbons (Fsp3) is 0.417. The first kappa shape index (κ1) is 17.1. The van der Waals surface area contributed by atoms with Crippen molar-refractivity contribution in [1.82, 2.24) is 4.72 Å². The summed E-state index contributed by atoms with van der Waals surface area (Å²) in [5, 5.41) is 19.8. The Bertz CT molecular complexity index is 711. The molecule has 2 N–H and O–H groups in total. The van der Waals surface area contributed by atoms with E-state index in [1.807, 2.05) is 4.72 Å². The number of hydrogen-bond acceptors (Lipinski definition) is 5. The van der Waals surface area contributed by atoms with E-state index in [1.54, 1.807) is 0 Å². The van der Waals surface area contributed by atoms with Crippen molar-refractivity contribution >= 4 is 21.7 Å². The average Bonchev–Trinajstić information content (AvgIpc) is 2.25. The number of nitro groups is 1. The number of nitrogens with one attached hydrogen (secondary N) is 1. The van der Waals surface area contributed by atoms with Crippen molar-refractivity contribution < 1.29 is 23.2 Å². The van der Waals surface area contributed by atoms with Crippen molar-refractivity contribution in [1.29, 1.82) is 0 Å². The number of hydrogen-bond donors (Lipinski definition) is 2. The Labute approximate surface area is 122 Å². The molecule has 0 aliphatic heterocycles. The van der Waals surface area contributed by atoms with Gasteiger partial charge in [0.05, 0.1) is 9.82 Å². The van der Waals surface area contributed by atoms with E-state index in [9.17, 15) is 23.3 Å². The molecule has 0 aromatic heterocycles. The van der Waals surface area contributed by atoms with Crippen molar-refractivity contribution in [2.45, 2.75) is 38.6 Å². The first-order valence-electron chi connectivity index (χ1n) is 5.99. The maximum atomic E-state index is 12.3. The monoisotopic (exact) mass is 316 g/mol. The van der Waals surface area contributed by atoms with Gasteiger partial charge in [-0.2, -0.15) is 4.72 Å². The van der Waals surface area contributed by atoms with Crippen LogP contribution in [-0.4, -0.2) is 30.5 Å². The number of aryl methyl sites for hydroxylation is 2. The van der Waals surface area contributed by atoms with Crippen molar-refractivity contribution in [3.8, 4) is 0 Å². The van der Waals surface area contributed by atoms with Gasteiger partial charge in [0.1, 0.15) is 6.04 Å². The van der Waals surface area contributed by atoms with E-state index in [0.717, 1.165) is 0 Å². The molecule has 0 saturated carbocycles. The topological polar surface area (TPSA) is 127 Å². The lowest BCUT2D eigenvalue weighted by atomic mass is 10.1. The lowest BCUT2D eigenvalue weighted by molar-refractivity contribution is -0.386. The van der Waals surface area contributed by atoms with Gasteiger partial charge >= 0.3 is 5.97 Å². The summed E-state index contributed by atoms with van der Waals surface area (Å²) < 4.78 is 26.5. The minimum atomic E-state index is -4.17. The fourth-order valence-corrected chi connectivity index (χ4v) is 3.86. The molecule has 9 heteroatoms. The number of nitro benzene ring substituents is 1. The molecular formula is C12H16N2O6S. The van der Waals surface area contributed by atoms with Gasteiger partial charge in [0.2, 0.25) is 10.0 Å². The lowest BCUT2D eigenvalue weighted by Gasteiger charge is -2.15. The normalized spacial score (nSPS) is 13.0. The van der Waals surface area contributed by atoms with E-state index in [1.165, 1.54) is 33.8 Å². The van der Waals surface area contributed by atoms with E-state index in [-0.39, 0.29) is 16.1 Å². The van der Waals surface area contributed by atoms with Gasteiger partial charge in [0.15, 0.2) is 0 Å². The Kier molecular flexibility index (Phi) is 4.69. The number of carboxylic acid groups (broad SMARTS) is 1. The maximum Gasteiger partial charge on any atom is 0.321 e. The molecular weight excluding hydrogens is 300 g/mol. The highest BCUT2D eigenvalue weighted by atomic mass is 32.2. The summed E-state index contributed by atoms with van der Waals surface area (Å²) in [6.07, 6.45) is 0. The second-order valence-corrected chi connectivity index (χ2v) is 6.40. The molecule has 1 aromatic rings. The average molecular weight is 316 g/mol. The molecule has 0 aliphatic carbocycles. The third-order valence-electron chi connectivity index (χ3n) is 3.01. The highest BCUT2D eigenvalue weighted by Crippen LogP contribution is 2.31. The van der Waals surface area contributed by atoms with E-state index in [4.69, 9.17) is 5.11 Å². The summed E-state index contributed by atoms with van der Waals surface area (Å²) in [5.41, 5.74) is 0.368. The van der Waals surface area contributed by atoms with Crippen molar-refractivity contribution in [3.63, 3.8) is 0 Å². The van der Waals surface area contributed by atoms with Gasteiger partial charge in [-0.1, -0.05) is 0 Å². The number of benzene rings is 1. The van der Waals surface area contributed by atoms with Crippen LogP contribution in [0.25, 0.3) is 0 Å². The molecule has 1 unspecified atom stereocenters. The second-order valence-electron chi connectivity index (χ2n) is 4.75. The van der Waals surface area contributed by atoms with Crippen LogP contribution < -0.4 is 4.72 Å². The number of aliphatic carboxylic acids is 1. The molecule has 8 nitrogen and oxygen atoms in total. The molecule has 0 bridgehead atoms. The molecule has 0 aliphatic rings. The summed E-state index contributed by atoms with van der Waals surface area (Å²) in [5.74, 6) is -1.34. The van der Waals surface area contributed by atoms with Crippen molar-refractivity contribution in [2.24, 2.45) is 0 Å². The van der Waals surface area contributed by atoms with Gasteiger partial charge in [-0.25, -0.2) is 8.42 Å². The number of rotatable bonds is 5. The summed E-state index contributed by atoms with van der Waals surface area (Å²) in [6.45, 7) is 5.52. The SMILES string of the molecule is Cc1cc(C)c(S(=O)(=O)NC(C)C(=O)O)c(C)c1[N+](=O)[O-]. The molecule has 116 valence electrons. The van der Waals surface area contributed by atoms with Gasteiger partial charge in [-0.3, -0.25) is 14.9 Å². The van der Waals surface area contributed by atoms with E-state index in [2.05, 4.69) is 0 Å². The Balaban J connectivity index is 3.53. The van der Waals surface area contributed by atoms with Crippen LogP contribution >= 0.6 is 0 Å². The molecule has 1 rings (SSSR count). The number of sulfonamides is 1. The molecule has 0 heterocycles. The van der Waals surface area contributed by atoms with Crippen molar-refractivity contribution in [3.05, 3.63) is 32.9 Å². The smallest absolute Gasteiger partial charge is 0.321 e. The summed E-state index contributed by atoms with van der Waals surface area (Å²) in [6, 6.07) is 0.0552. The Morgan fingerprint density at radius 1 is 1.33 bits per heavy atom. The maximum absolute atomic E-state index is 12.3. The van der Waals surface area contributed by atoms with E-state index < -0.39 is 27.0 Å². The first-order valence-corrected chi connectivity index (χ1v) is 7.47. The first-order chi connectivity index (χ1) is 9.49. The van der Waals surface area contributed by atoms with Crippen molar-refractivity contribution in [2.75, 3.05) is 0 Å². The van der Waals surface area contributed by atoms with Crippen LogP contribution in [0.2, 0.25) is 0 Å². The van der Waals surface area contributed by atoms with Crippen LogP contribution in [0.3, 0.4) is 0 Å². The standard InChI is InChI=1S/C12H16N2O6S/c1-6-5-7(2)11(8(3)10(6)14(17)18)21(19,20)13-9(4)12(15)16/h5,9,13H,1-4H3,(H,15,16). The van der Waals surface area contributed by atoms with Crippen LogP contribution in [0.5, 0.6) is 0 Å². The minimum absolute atomic E-state index is 0.0115. The molecule has 0 radical (unpaired) electrons. The van der Waals surface area contributed by atoms with Gasteiger partial charge in [0, 0.05) is 11.1 Å². The van der Waals surface area contributed by atoms with Gasteiger partial charge in [-0.15, -0.1) is 0 Å². The predicted molar refractivity (Wildman–Crippen MR) is 74.7 cm³/mol. The van der Waals surface area contributed by atoms with Crippen LogP contribution in [0.1, 0.15) is 23.6 Å². The summed E-state index contributed by atoms with van der Waals surface area (Å²) >= 11 is 0. The summed E-state index contributed by atoms with van der Waals surface area (Å²) in [7, 11) is -4.17. The third-order valence-corrected chi connectivity index (χ3v) is 4.84. The zero-order valence-electron chi connectivity index (χ0n) is 12.0. The van der Waals surface area contributed by atoms with Gasteiger partial charge in [-0.05, 0) is 39.3 Å². The molecule has 1 aromatic carbocycles. The number of carbonyl (C=O) groups is 1. The van der Waals surface area contributed by atoms with Crippen LogP contribution in [0.15, 0.2) is 11.0 Å². The quantitative estimate of drug-likeness (QED) is 0.622. The third kappa shape index (κ3) is 3.37.